The second-order valence-electron chi connectivity index (χ2n) is 14.4. The molecule has 0 rings (SSSR count). The summed E-state index contributed by atoms with van der Waals surface area (Å²) < 4.78 is 32.7. The summed E-state index contributed by atoms with van der Waals surface area (Å²) in [6.45, 7) is 2.29. The van der Waals surface area contributed by atoms with Crippen LogP contribution in [-0.4, -0.2) is 65.7 Å². The van der Waals surface area contributed by atoms with E-state index in [1.54, 1.807) is 0 Å². The molecular weight excluding hydrogens is 731 g/mol. The van der Waals surface area contributed by atoms with Crippen LogP contribution in [0.1, 0.15) is 174 Å². The predicted molar refractivity (Wildman–Crippen MR) is 228 cm³/mol. The molecule has 0 heterocycles. The SMILES string of the molecule is CCCCC/C=C\C/C=C\C/C=C\C/C=C\CCCCCC(=O)OC[C@H](COP(=O)(O)OC[C@@H](O)CO)OC(=O)CCCCCCC/C=C\CCCCCCC. The van der Waals surface area contributed by atoms with Gasteiger partial charge in [0.2, 0.25) is 0 Å². The summed E-state index contributed by atoms with van der Waals surface area (Å²) in [6, 6.07) is 0. The number of aliphatic hydroxyl groups is 2. The van der Waals surface area contributed by atoms with E-state index in [9.17, 15) is 24.2 Å². The molecule has 0 spiro atoms. The third kappa shape index (κ3) is 39.9. The molecule has 0 aliphatic carbocycles. The second-order valence-corrected chi connectivity index (χ2v) is 15.8. The molecule has 0 aromatic carbocycles. The first kappa shape index (κ1) is 53.7. The fourth-order valence-corrected chi connectivity index (χ4v) is 6.29. The fourth-order valence-electron chi connectivity index (χ4n) is 5.50. The number of carbonyl (C=O) groups is 2. The minimum atomic E-state index is -4.63. The number of unbranched alkanes of at least 4 members (excludes halogenated alkanes) is 16. The van der Waals surface area contributed by atoms with E-state index in [2.05, 4.69) is 79.1 Å². The molecule has 56 heavy (non-hydrogen) atoms. The first-order valence-electron chi connectivity index (χ1n) is 21.7. The number of hydrogen-bond acceptors (Lipinski definition) is 9. The molecule has 0 saturated heterocycles. The van der Waals surface area contributed by atoms with Crippen molar-refractivity contribution in [3.05, 3.63) is 60.8 Å². The smallest absolute Gasteiger partial charge is 0.462 e. The van der Waals surface area contributed by atoms with Crippen molar-refractivity contribution in [2.75, 3.05) is 26.4 Å². The average Bonchev–Trinajstić information content (AvgIpc) is 3.19. The summed E-state index contributed by atoms with van der Waals surface area (Å²) in [4.78, 5) is 35.0. The molecular formula is C45H79O10P. The number of carbonyl (C=O) groups excluding carboxylic acids is 2. The molecule has 0 fully saturated rings. The highest BCUT2D eigenvalue weighted by Gasteiger charge is 2.27. The van der Waals surface area contributed by atoms with Gasteiger partial charge < -0.3 is 24.6 Å². The maximum atomic E-state index is 12.6. The van der Waals surface area contributed by atoms with Crippen molar-refractivity contribution in [1.82, 2.24) is 0 Å². The van der Waals surface area contributed by atoms with E-state index in [1.807, 2.05) is 0 Å². The maximum Gasteiger partial charge on any atom is 0.472 e. The Morgan fingerprint density at radius 1 is 0.536 bits per heavy atom. The Balaban J connectivity index is 4.37. The van der Waals surface area contributed by atoms with E-state index in [1.165, 1.54) is 57.8 Å². The van der Waals surface area contributed by atoms with E-state index in [0.29, 0.717) is 12.8 Å². The highest BCUT2D eigenvalue weighted by molar-refractivity contribution is 7.47. The molecule has 0 radical (unpaired) electrons. The minimum Gasteiger partial charge on any atom is -0.462 e. The van der Waals surface area contributed by atoms with Crippen LogP contribution < -0.4 is 0 Å². The zero-order valence-corrected chi connectivity index (χ0v) is 36.0. The normalized spacial score (nSPS) is 14.4. The van der Waals surface area contributed by atoms with Gasteiger partial charge >= 0.3 is 19.8 Å². The van der Waals surface area contributed by atoms with Gasteiger partial charge in [0.05, 0.1) is 19.8 Å². The quantitative estimate of drug-likeness (QED) is 0.0236. The zero-order valence-electron chi connectivity index (χ0n) is 35.1. The Morgan fingerprint density at radius 3 is 1.46 bits per heavy atom. The van der Waals surface area contributed by atoms with E-state index >= 15 is 0 Å². The molecule has 1 unspecified atom stereocenters. The van der Waals surface area contributed by atoms with Crippen LogP contribution in [0.5, 0.6) is 0 Å². The van der Waals surface area contributed by atoms with Crippen molar-refractivity contribution in [3.8, 4) is 0 Å². The number of esters is 2. The molecule has 0 aliphatic heterocycles. The van der Waals surface area contributed by atoms with E-state index in [0.717, 1.165) is 77.0 Å². The van der Waals surface area contributed by atoms with Crippen LogP contribution in [0.2, 0.25) is 0 Å². The molecule has 324 valence electrons. The second kappa shape index (κ2) is 40.9. The van der Waals surface area contributed by atoms with Gasteiger partial charge in [0, 0.05) is 12.8 Å². The van der Waals surface area contributed by atoms with Gasteiger partial charge in [0.25, 0.3) is 0 Å². The van der Waals surface area contributed by atoms with Crippen LogP contribution in [0.15, 0.2) is 60.8 Å². The molecule has 0 bridgehead atoms. The summed E-state index contributed by atoms with van der Waals surface area (Å²) in [5.74, 6) is -0.974. The predicted octanol–water partition coefficient (Wildman–Crippen LogP) is 11.5. The molecule has 3 N–H and O–H groups in total. The monoisotopic (exact) mass is 811 g/mol. The van der Waals surface area contributed by atoms with Crippen molar-refractivity contribution in [2.45, 2.75) is 187 Å². The number of aliphatic hydroxyl groups excluding tert-OH is 2. The standard InChI is InChI=1S/C45H79O10P/c1-3-5-7-9-11-13-15-17-19-20-21-22-23-25-26-28-30-32-34-36-44(48)52-40-43(41-54-56(50,51)53-39-42(47)38-46)55-45(49)37-35-33-31-29-27-24-18-16-14-12-10-8-6-4-2/h11,13,16-19,21-22,25-26,42-43,46-47H,3-10,12,14-15,20,23-24,27-41H2,1-2H3,(H,50,51)/b13-11-,18-16-,19-17-,22-21-,26-25-/t42-,43+/m0/s1. The van der Waals surface area contributed by atoms with Crippen LogP contribution in [0.25, 0.3) is 0 Å². The number of phosphoric ester groups is 1. The lowest BCUT2D eigenvalue weighted by Crippen LogP contribution is -2.29. The van der Waals surface area contributed by atoms with Crippen molar-refractivity contribution >= 4 is 19.8 Å². The summed E-state index contributed by atoms with van der Waals surface area (Å²) in [7, 11) is -4.63. The van der Waals surface area contributed by atoms with E-state index in [4.69, 9.17) is 19.1 Å². The van der Waals surface area contributed by atoms with Crippen LogP contribution in [0, 0.1) is 0 Å². The summed E-state index contributed by atoms with van der Waals surface area (Å²) >= 11 is 0. The topological polar surface area (TPSA) is 149 Å². The molecule has 0 aromatic rings. The summed E-state index contributed by atoms with van der Waals surface area (Å²) in [5, 5.41) is 18.3. The van der Waals surface area contributed by atoms with Crippen molar-refractivity contribution < 1.29 is 47.8 Å². The largest absolute Gasteiger partial charge is 0.472 e. The summed E-state index contributed by atoms with van der Waals surface area (Å²) in [5.41, 5.74) is 0. The number of phosphoric acid groups is 1. The van der Waals surface area contributed by atoms with Crippen molar-refractivity contribution in [2.24, 2.45) is 0 Å². The van der Waals surface area contributed by atoms with Gasteiger partial charge in [0.15, 0.2) is 6.10 Å². The first-order chi connectivity index (χ1) is 27.2. The zero-order chi connectivity index (χ0) is 41.2. The molecule has 0 amide bonds. The Morgan fingerprint density at radius 2 is 0.929 bits per heavy atom. The number of ether oxygens (including phenoxy) is 2. The van der Waals surface area contributed by atoms with Crippen LogP contribution >= 0.6 is 7.82 Å². The number of allylic oxidation sites excluding steroid dienone is 10. The van der Waals surface area contributed by atoms with Gasteiger partial charge in [-0.3, -0.25) is 18.6 Å². The molecule has 0 aliphatic rings. The molecule has 0 aromatic heterocycles. The van der Waals surface area contributed by atoms with E-state index < -0.39 is 51.8 Å². The van der Waals surface area contributed by atoms with Crippen LogP contribution in [0.4, 0.5) is 0 Å². The Bertz CT molecular complexity index is 1120. The number of hydrogen-bond donors (Lipinski definition) is 3. The lowest BCUT2D eigenvalue weighted by atomic mass is 10.1. The minimum absolute atomic E-state index is 0.164. The average molecular weight is 811 g/mol. The van der Waals surface area contributed by atoms with Crippen molar-refractivity contribution in [3.63, 3.8) is 0 Å². The van der Waals surface area contributed by atoms with Crippen LogP contribution in [-0.2, 0) is 32.7 Å². The Kier molecular flexibility index (Phi) is 39.2. The highest BCUT2D eigenvalue weighted by atomic mass is 31.2. The molecule has 0 saturated carbocycles. The lowest BCUT2D eigenvalue weighted by molar-refractivity contribution is -0.161. The molecule has 10 nitrogen and oxygen atoms in total. The van der Waals surface area contributed by atoms with Gasteiger partial charge in [-0.1, -0.05) is 139 Å². The van der Waals surface area contributed by atoms with Gasteiger partial charge in [-0.15, -0.1) is 0 Å². The first-order valence-corrected chi connectivity index (χ1v) is 23.2. The van der Waals surface area contributed by atoms with Gasteiger partial charge in [-0.2, -0.15) is 0 Å². The van der Waals surface area contributed by atoms with Crippen molar-refractivity contribution in [1.29, 1.82) is 0 Å². The highest BCUT2D eigenvalue weighted by Crippen LogP contribution is 2.43. The van der Waals surface area contributed by atoms with Gasteiger partial charge in [0.1, 0.15) is 12.7 Å². The van der Waals surface area contributed by atoms with Gasteiger partial charge in [-0.05, 0) is 83.5 Å². The van der Waals surface area contributed by atoms with E-state index in [-0.39, 0.29) is 19.4 Å². The Hall–Kier alpha value is -2.33. The molecule has 3 atom stereocenters. The Labute approximate surface area is 340 Å². The van der Waals surface area contributed by atoms with Crippen LogP contribution in [0.3, 0.4) is 0 Å². The summed E-state index contributed by atoms with van der Waals surface area (Å²) in [6.07, 6.45) is 44.7. The fraction of sp³-hybridized carbons (Fsp3) is 0.733. The van der Waals surface area contributed by atoms with Gasteiger partial charge in [-0.25, -0.2) is 4.57 Å². The lowest BCUT2D eigenvalue weighted by Gasteiger charge is -2.20. The number of rotatable bonds is 40. The molecule has 11 heteroatoms. The third-order valence-corrected chi connectivity index (χ3v) is 9.85. The maximum absolute atomic E-state index is 12.6. The third-order valence-electron chi connectivity index (χ3n) is 8.89.